The van der Waals surface area contributed by atoms with E-state index >= 15 is 0 Å². The number of hydrogen-bond donors (Lipinski definition) is 0. The largest absolute Gasteiger partial charge is 0.451 e. The zero-order chi connectivity index (χ0) is 16.3. The van der Waals surface area contributed by atoms with Crippen LogP contribution < -0.4 is 0 Å². The van der Waals surface area contributed by atoms with Crippen LogP contribution in [0.15, 0.2) is 42.5 Å². The van der Waals surface area contributed by atoms with Crippen molar-refractivity contribution < 1.29 is 23.8 Å². The van der Waals surface area contributed by atoms with Gasteiger partial charge in [0.15, 0.2) is 18.7 Å². The maximum Gasteiger partial charge on any atom is 0.338 e. The molecule has 0 N–H and O–H groups in total. The van der Waals surface area contributed by atoms with Crippen molar-refractivity contribution in [2.75, 3.05) is 13.2 Å². The zero-order valence-electron chi connectivity index (χ0n) is 13.1. The number of ether oxygens (including phenoxy) is 3. The molecule has 0 amide bonds. The van der Waals surface area contributed by atoms with Gasteiger partial charge in [0.2, 0.25) is 0 Å². The Balaban J connectivity index is 1.68. The molecule has 1 heterocycles. The fraction of sp³-hybridized carbons (Fsp3) is 0.444. The van der Waals surface area contributed by atoms with E-state index in [4.69, 9.17) is 14.2 Å². The summed E-state index contributed by atoms with van der Waals surface area (Å²) in [5.74, 6) is -0.497. The number of carbonyl (C=O) groups is 2. The molecule has 1 unspecified atom stereocenters. The van der Waals surface area contributed by atoms with Gasteiger partial charge in [0.05, 0.1) is 12.2 Å². The molecule has 2 rings (SSSR count). The van der Waals surface area contributed by atoms with Crippen LogP contribution in [0, 0.1) is 0 Å². The molecule has 5 heteroatoms. The maximum absolute atomic E-state index is 11.9. The summed E-state index contributed by atoms with van der Waals surface area (Å²) in [6.07, 6.45) is 6.76. The summed E-state index contributed by atoms with van der Waals surface area (Å²) in [6.45, 7) is 1.17. The Morgan fingerprint density at radius 2 is 2.09 bits per heavy atom. The fourth-order valence-electron chi connectivity index (χ4n) is 2.22. The Labute approximate surface area is 136 Å². The van der Waals surface area contributed by atoms with Crippen LogP contribution in [-0.2, 0) is 19.0 Å². The summed E-state index contributed by atoms with van der Waals surface area (Å²) in [5, 5.41) is 0. The van der Waals surface area contributed by atoms with E-state index in [-0.39, 0.29) is 6.29 Å². The van der Waals surface area contributed by atoms with E-state index in [1.807, 2.05) is 12.1 Å². The molecule has 0 aromatic heterocycles. The standard InChI is InChI=1S/C18H22O5/c19-14-16(23-18(20)15-8-2-1-3-9-15)10-4-6-12-21-17-11-5-7-13-22-17/h1-4,6,8-9,14,16-17H,5,7,10-13H2/b6-4+/t16-,17?/m1/s1. The van der Waals surface area contributed by atoms with Crippen LogP contribution >= 0.6 is 0 Å². The molecular weight excluding hydrogens is 296 g/mol. The van der Waals surface area contributed by atoms with E-state index in [1.165, 1.54) is 0 Å². The molecule has 5 nitrogen and oxygen atoms in total. The van der Waals surface area contributed by atoms with Crippen molar-refractivity contribution in [3.63, 3.8) is 0 Å². The lowest BCUT2D eigenvalue weighted by atomic mass is 10.2. The number of carbonyl (C=O) groups excluding carboxylic acids is 2. The van der Waals surface area contributed by atoms with Gasteiger partial charge in [-0.25, -0.2) is 4.79 Å². The summed E-state index contributed by atoms with van der Waals surface area (Å²) in [4.78, 5) is 22.9. The number of aldehydes is 1. The average molecular weight is 318 g/mol. The van der Waals surface area contributed by atoms with Crippen molar-refractivity contribution in [1.82, 2.24) is 0 Å². The minimum Gasteiger partial charge on any atom is -0.451 e. The van der Waals surface area contributed by atoms with Gasteiger partial charge >= 0.3 is 5.97 Å². The number of benzene rings is 1. The van der Waals surface area contributed by atoms with Gasteiger partial charge in [0.25, 0.3) is 0 Å². The smallest absolute Gasteiger partial charge is 0.338 e. The molecule has 1 aliphatic heterocycles. The zero-order valence-corrected chi connectivity index (χ0v) is 13.1. The first kappa shape index (κ1) is 17.4. The van der Waals surface area contributed by atoms with Gasteiger partial charge in [-0.15, -0.1) is 0 Å². The molecule has 1 aromatic rings. The second kappa shape index (κ2) is 9.92. The highest BCUT2D eigenvalue weighted by molar-refractivity contribution is 5.90. The number of hydrogen-bond acceptors (Lipinski definition) is 5. The van der Waals surface area contributed by atoms with Crippen LogP contribution in [-0.4, -0.2) is 37.9 Å². The quantitative estimate of drug-likeness (QED) is 0.419. The fourth-order valence-corrected chi connectivity index (χ4v) is 2.22. The minimum absolute atomic E-state index is 0.133. The number of rotatable bonds is 8. The Morgan fingerprint density at radius 1 is 1.26 bits per heavy atom. The van der Waals surface area contributed by atoms with Gasteiger partial charge in [-0.05, 0) is 31.4 Å². The molecule has 1 aliphatic rings. The van der Waals surface area contributed by atoms with E-state index in [0.717, 1.165) is 25.9 Å². The number of esters is 1. The minimum atomic E-state index is -0.787. The molecule has 0 aliphatic carbocycles. The van der Waals surface area contributed by atoms with Gasteiger partial charge in [-0.3, -0.25) is 4.79 Å². The molecule has 0 radical (unpaired) electrons. The van der Waals surface area contributed by atoms with Gasteiger partial charge in [-0.1, -0.05) is 30.4 Å². The summed E-state index contributed by atoms with van der Waals surface area (Å²) in [6, 6.07) is 8.61. The van der Waals surface area contributed by atoms with Gasteiger partial charge in [-0.2, -0.15) is 0 Å². The third-order valence-corrected chi connectivity index (χ3v) is 3.47. The molecule has 1 aromatic carbocycles. The lowest BCUT2D eigenvalue weighted by molar-refractivity contribution is -0.155. The van der Waals surface area contributed by atoms with Crippen molar-refractivity contribution in [3.8, 4) is 0 Å². The van der Waals surface area contributed by atoms with E-state index in [1.54, 1.807) is 30.3 Å². The first-order chi connectivity index (χ1) is 11.3. The second-order valence-corrected chi connectivity index (χ2v) is 5.28. The molecule has 1 saturated heterocycles. The van der Waals surface area contributed by atoms with Crippen LogP contribution in [0.1, 0.15) is 36.0 Å². The van der Waals surface area contributed by atoms with Gasteiger partial charge in [0.1, 0.15) is 0 Å². The van der Waals surface area contributed by atoms with Crippen LogP contribution in [0.25, 0.3) is 0 Å². The SMILES string of the molecule is O=C[C@@H](C/C=C/COC1CCCCO1)OC(=O)c1ccccc1. The predicted octanol–water partition coefficient (Wildman–Crippen LogP) is 2.90. The predicted molar refractivity (Wildman–Crippen MR) is 85.0 cm³/mol. The lowest BCUT2D eigenvalue weighted by Crippen LogP contribution is -2.22. The Kier molecular flexibility index (Phi) is 7.49. The summed E-state index contributed by atoms with van der Waals surface area (Å²) in [7, 11) is 0. The Bertz CT molecular complexity index is 505. The topological polar surface area (TPSA) is 61.8 Å². The summed E-state index contributed by atoms with van der Waals surface area (Å²) in [5.41, 5.74) is 0.432. The highest BCUT2D eigenvalue weighted by Crippen LogP contribution is 2.13. The van der Waals surface area contributed by atoms with Gasteiger partial charge in [0, 0.05) is 13.0 Å². The molecule has 23 heavy (non-hydrogen) atoms. The van der Waals surface area contributed by atoms with Crippen molar-refractivity contribution in [1.29, 1.82) is 0 Å². The second-order valence-electron chi connectivity index (χ2n) is 5.28. The first-order valence-corrected chi connectivity index (χ1v) is 7.89. The maximum atomic E-state index is 11.9. The summed E-state index contributed by atoms with van der Waals surface area (Å²) < 4.78 is 16.1. The van der Waals surface area contributed by atoms with E-state index in [2.05, 4.69) is 0 Å². The summed E-state index contributed by atoms with van der Waals surface area (Å²) >= 11 is 0. The molecule has 124 valence electrons. The van der Waals surface area contributed by atoms with Crippen molar-refractivity contribution in [2.45, 2.75) is 38.1 Å². The molecular formula is C18H22O5. The van der Waals surface area contributed by atoms with E-state index in [0.29, 0.717) is 24.9 Å². The molecule has 0 bridgehead atoms. The third-order valence-electron chi connectivity index (χ3n) is 3.47. The molecule has 0 spiro atoms. The highest BCUT2D eigenvalue weighted by atomic mass is 16.7. The van der Waals surface area contributed by atoms with Crippen molar-refractivity contribution >= 4 is 12.3 Å². The monoisotopic (exact) mass is 318 g/mol. The van der Waals surface area contributed by atoms with Crippen molar-refractivity contribution in [3.05, 3.63) is 48.0 Å². The van der Waals surface area contributed by atoms with Crippen LogP contribution in [0.5, 0.6) is 0 Å². The lowest BCUT2D eigenvalue weighted by Gasteiger charge is -2.21. The van der Waals surface area contributed by atoms with Crippen molar-refractivity contribution in [2.24, 2.45) is 0 Å². The average Bonchev–Trinajstić information content (AvgIpc) is 2.62. The molecule has 0 saturated carbocycles. The van der Waals surface area contributed by atoms with Crippen LogP contribution in [0.3, 0.4) is 0 Å². The van der Waals surface area contributed by atoms with Gasteiger partial charge < -0.3 is 14.2 Å². The van der Waals surface area contributed by atoms with E-state index < -0.39 is 12.1 Å². The van der Waals surface area contributed by atoms with E-state index in [9.17, 15) is 9.59 Å². The third kappa shape index (κ3) is 6.34. The van der Waals surface area contributed by atoms with Crippen LogP contribution in [0.4, 0.5) is 0 Å². The molecule has 2 atom stereocenters. The van der Waals surface area contributed by atoms with Crippen LogP contribution in [0.2, 0.25) is 0 Å². The Hall–Kier alpha value is -1.98. The highest BCUT2D eigenvalue weighted by Gasteiger charge is 2.14. The normalized spacial score (nSPS) is 19.4. The Morgan fingerprint density at radius 3 is 2.78 bits per heavy atom. The molecule has 1 fully saturated rings. The first-order valence-electron chi connectivity index (χ1n) is 7.89.